The highest BCUT2D eigenvalue weighted by molar-refractivity contribution is 6.42. The summed E-state index contributed by atoms with van der Waals surface area (Å²) in [4.78, 5) is 23.7. The third-order valence-electron chi connectivity index (χ3n) is 2.65. The molecule has 0 aliphatic rings. The molecule has 128 valence electrons. The third-order valence-corrected chi connectivity index (χ3v) is 3.39. The first-order valence-electron chi connectivity index (χ1n) is 6.87. The van der Waals surface area contributed by atoms with Gasteiger partial charge in [0, 0.05) is 5.69 Å². The molecule has 2 amide bonds. The van der Waals surface area contributed by atoms with E-state index in [0.29, 0.717) is 15.7 Å². The molecule has 6 nitrogen and oxygen atoms in total. The number of amides is 2. The summed E-state index contributed by atoms with van der Waals surface area (Å²) in [6.07, 6.45) is 0. The predicted octanol–water partition coefficient (Wildman–Crippen LogP) is 3.47. The Kier molecular flexibility index (Phi) is 7.12. The molecule has 0 aliphatic heterocycles. The Morgan fingerprint density at radius 1 is 1.22 bits per heavy atom. The van der Waals surface area contributed by atoms with Gasteiger partial charge in [0.2, 0.25) is 0 Å². The number of nitrogens with one attached hydrogen (secondary N) is 2. The largest absolute Gasteiger partial charge is 0.467 e. The molecule has 8 heteroatoms. The van der Waals surface area contributed by atoms with Crippen LogP contribution in [0.2, 0.25) is 10.0 Å². The number of carbonyl (C=O) groups excluding carboxylic acids is 2. The number of hydrogen-bond donors (Lipinski definition) is 2. The van der Waals surface area contributed by atoms with Crippen molar-refractivity contribution in [1.82, 2.24) is 5.32 Å². The quantitative estimate of drug-likeness (QED) is 0.786. The molecule has 0 bridgehead atoms. The first kappa shape index (κ1) is 19.5. The first-order chi connectivity index (χ1) is 10.6. The number of methoxy groups -OCH3 is 1. The smallest absolute Gasteiger partial charge is 0.330 e. The Bertz CT molecular complexity index is 573. The van der Waals surface area contributed by atoms with Crippen molar-refractivity contribution in [2.75, 3.05) is 19.0 Å². The number of carbonyl (C=O) groups is 2. The van der Waals surface area contributed by atoms with Crippen molar-refractivity contribution in [2.45, 2.75) is 32.4 Å². The molecular formula is C15H20Cl2N2O4. The number of esters is 1. The predicted molar refractivity (Wildman–Crippen MR) is 90.1 cm³/mol. The van der Waals surface area contributed by atoms with E-state index in [2.05, 4.69) is 15.4 Å². The number of hydrogen-bond acceptors (Lipinski definition) is 4. The molecule has 0 spiro atoms. The Labute approximate surface area is 145 Å². The highest BCUT2D eigenvalue weighted by Crippen LogP contribution is 2.24. The van der Waals surface area contributed by atoms with E-state index in [4.69, 9.17) is 27.9 Å². The SMILES string of the molecule is COC(=O)C(COC(C)(C)C)NC(=O)Nc1ccc(Cl)c(Cl)c1. The molecule has 1 unspecified atom stereocenters. The second kappa shape index (κ2) is 8.38. The van der Waals surface area contributed by atoms with Gasteiger partial charge in [0.1, 0.15) is 0 Å². The van der Waals surface area contributed by atoms with Crippen LogP contribution in [0.15, 0.2) is 18.2 Å². The average molecular weight is 363 g/mol. The van der Waals surface area contributed by atoms with Crippen molar-refractivity contribution in [3.8, 4) is 0 Å². The molecule has 2 N–H and O–H groups in total. The summed E-state index contributed by atoms with van der Waals surface area (Å²) in [5, 5.41) is 5.75. The Morgan fingerprint density at radius 3 is 2.39 bits per heavy atom. The Balaban J connectivity index is 2.68. The van der Waals surface area contributed by atoms with Crippen LogP contribution >= 0.6 is 23.2 Å². The normalized spacial score (nSPS) is 12.4. The zero-order chi connectivity index (χ0) is 17.6. The first-order valence-corrected chi connectivity index (χ1v) is 7.62. The molecule has 1 aromatic rings. The van der Waals surface area contributed by atoms with Crippen molar-refractivity contribution in [2.24, 2.45) is 0 Å². The van der Waals surface area contributed by atoms with E-state index in [-0.39, 0.29) is 6.61 Å². The highest BCUT2D eigenvalue weighted by atomic mass is 35.5. The van der Waals surface area contributed by atoms with Crippen LogP contribution in [-0.2, 0) is 14.3 Å². The van der Waals surface area contributed by atoms with Gasteiger partial charge in [-0.1, -0.05) is 23.2 Å². The molecule has 0 saturated carbocycles. The number of ether oxygens (including phenoxy) is 2. The van der Waals surface area contributed by atoms with Gasteiger partial charge < -0.3 is 20.1 Å². The number of anilines is 1. The average Bonchev–Trinajstić information content (AvgIpc) is 2.45. The third kappa shape index (κ3) is 7.07. The second-order valence-corrected chi connectivity index (χ2v) is 6.54. The minimum absolute atomic E-state index is 0.00896. The van der Waals surface area contributed by atoms with Crippen LogP contribution < -0.4 is 10.6 Å². The summed E-state index contributed by atoms with van der Waals surface area (Å²) in [7, 11) is 1.24. The summed E-state index contributed by atoms with van der Waals surface area (Å²) < 4.78 is 10.2. The zero-order valence-corrected chi connectivity index (χ0v) is 14.9. The van der Waals surface area contributed by atoms with Gasteiger partial charge >= 0.3 is 12.0 Å². The molecule has 23 heavy (non-hydrogen) atoms. The van der Waals surface area contributed by atoms with Crippen LogP contribution in [0, 0.1) is 0 Å². The van der Waals surface area contributed by atoms with Crippen LogP contribution in [0.4, 0.5) is 10.5 Å². The second-order valence-electron chi connectivity index (χ2n) is 5.73. The molecule has 0 aromatic heterocycles. The van der Waals surface area contributed by atoms with Gasteiger partial charge in [0.05, 0.1) is 29.4 Å². The van der Waals surface area contributed by atoms with Crippen molar-refractivity contribution in [1.29, 1.82) is 0 Å². The van der Waals surface area contributed by atoms with Gasteiger partial charge in [-0.3, -0.25) is 0 Å². The lowest BCUT2D eigenvalue weighted by atomic mass is 10.2. The molecule has 0 heterocycles. The molecule has 0 aliphatic carbocycles. The summed E-state index contributed by atoms with van der Waals surface area (Å²) in [6, 6.07) is 3.13. The fourth-order valence-electron chi connectivity index (χ4n) is 1.54. The molecular weight excluding hydrogens is 343 g/mol. The lowest BCUT2D eigenvalue weighted by molar-refractivity contribution is -0.145. The van der Waals surface area contributed by atoms with E-state index < -0.39 is 23.6 Å². The molecule has 0 radical (unpaired) electrons. The van der Waals surface area contributed by atoms with Crippen molar-refractivity contribution in [3.05, 3.63) is 28.2 Å². The summed E-state index contributed by atoms with van der Waals surface area (Å²) in [5.41, 5.74) is -0.00836. The van der Waals surface area contributed by atoms with Gasteiger partial charge in [0.15, 0.2) is 6.04 Å². The fourth-order valence-corrected chi connectivity index (χ4v) is 1.84. The standard InChI is InChI=1S/C15H20Cl2N2O4/c1-15(2,3)23-8-12(13(20)22-4)19-14(21)18-9-5-6-10(16)11(17)7-9/h5-7,12H,8H2,1-4H3,(H2,18,19,21). The van der Waals surface area contributed by atoms with E-state index >= 15 is 0 Å². The van der Waals surface area contributed by atoms with Gasteiger partial charge in [-0.05, 0) is 39.0 Å². The Hall–Kier alpha value is -1.50. The van der Waals surface area contributed by atoms with E-state index in [0.717, 1.165) is 0 Å². The van der Waals surface area contributed by atoms with E-state index in [1.165, 1.54) is 13.2 Å². The van der Waals surface area contributed by atoms with Gasteiger partial charge in [-0.15, -0.1) is 0 Å². The molecule has 0 fully saturated rings. The minimum atomic E-state index is -0.929. The Morgan fingerprint density at radius 2 is 1.87 bits per heavy atom. The van der Waals surface area contributed by atoms with Crippen LogP contribution in [0.25, 0.3) is 0 Å². The van der Waals surface area contributed by atoms with Crippen molar-refractivity contribution >= 4 is 40.9 Å². The zero-order valence-electron chi connectivity index (χ0n) is 13.4. The monoisotopic (exact) mass is 362 g/mol. The molecule has 1 atom stereocenters. The van der Waals surface area contributed by atoms with Gasteiger partial charge in [-0.2, -0.15) is 0 Å². The summed E-state index contributed by atoms with van der Waals surface area (Å²) in [6.45, 7) is 5.52. The maximum atomic E-state index is 12.0. The fraction of sp³-hybridized carbons (Fsp3) is 0.467. The lowest BCUT2D eigenvalue weighted by Gasteiger charge is -2.24. The van der Waals surface area contributed by atoms with Gasteiger partial charge in [-0.25, -0.2) is 9.59 Å². The van der Waals surface area contributed by atoms with Crippen molar-refractivity contribution in [3.63, 3.8) is 0 Å². The number of rotatable bonds is 5. The number of benzene rings is 1. The minimum Gasteiger partial charge on any atom is -0.467 e. The number of halogens is 2. The topological polar surface area (TPSA) is 76.7 Å². The highest BCUT2D eigenvalue weighted by Gasteiger charge is 2.24. The van der Waals surface area contributed by atoms with Crippen LogP contribution in [0.1, 0.15) is 20.8 Å². The molecule has 1 rings (SSSR count). The lowest BCUT2D eigenvalue weighted by Crippen LogP contribution is -2.47. The maximum Gasteiger partial charge on any atom is 0.330 e. The molecule has 0 saturated heterocycles. The van der Waals surface area contributed by atoms with Crippen LogP contribution in [0.5, 0.6) is 0 Å². The van der Waals surface area contributed by atoms with Crippen LogP contribution in [0.3, 0.4) is 0 Å². The number of urea groups is 1. The van der Waals surface area contributed by atoms with E-state index in [1.807, 2.05) is 20.8 Å². The van der Waals surface area contributed by atoms with Crippen molar-refractivity contribution < 1.29 is 19.1 Å². The summed E-state index contributed by atoms with van der Waals surface area (Å²) in [5.74, 6) is -0.599. The van der Waals surface area contributed by atoms with Crippen LogP contribution in [-0.4, -0.2) is 37.4 Å². The molecule has 1 aromatic carbocycles. The maximum absolute atomic E-state index is 12.0. The summed E-state index contributed by atoms with van der Waals surface area (Å²) >= 11 is 11.7. The van der Waals surface area contributed by atoms with Gasteiger partial charge in [0.25, 0.3) is 0 Å². The van der Waals surface area contributed by atoms with E-state index in [9.17, 15) is 9.59 Å². The van der Waals surface area contributed by atoms with E-state index in [1.54, 1.807) is 12.1 Å².